The highest BCUT2D eigenvalue weighted by atomic mass is 32.2. The first-order chi connectivity index (χ1) is 13.6. The number of aryl methyl sites for hydroxylation is 1. The molecular weight excluding hydrogens is 370 g/mol. The number of hydrogen-bond donors (Lipinski definition) is 2. The van der Waals surface area contributed by atoms with Crippen LogP contribution in [0.25, 0.3) is 10.8 Å². The van der Waals surface area contributed by atoms with Crippen LogP contribution in [-0.4, -0.2) is 22.2 Å². The van der Waals surface area contributed by atoms with Crippen molar-refractivity contribution in [3.63, 3.8) is 0 Å². The maximum absolute atomic E-state index is 12.4. The summed E-state index contributed by atoms with van der Waals surface area (Å²) >= 11 is 1.29. The second-order valence-electron chi connectivity index (χ2n) is 6.66. The number of benzene rings is 3. The van der Waals surface area contributed by atoms with Crippen molar-refractivity contribution in [1.82, 2.24) is 5.32 Å². The van der Waals surface area contributed by atoms with E-state index in [2.05, 4.69) is 15.6 Å². The molecule has 0 saturated carbocycles. The van der Waals surface area contributed by atoms with Gasteiger partial charge in [-0.25, -0.2) is 4.99 Å². The van der Waals surface area contributed by atoms with Gasteiger partial charge in [0.05, 0.1) is 5.69 Å². The molecule has 3 aromatic rings. The van der Waals surface area contributed by atoms with E-state index in [-0.39, 0.29) is 18.2 Å². The van der Waals surface area contributed by atoms with Gasteiger partial charge in [-0.2, -0.15) is 0 Å². The van der Waals surface area contributed by atoms with Gasteiger partial charge < -0.3 is 10.6 Å². The number of aliphatic imine (C=N–C) groups is 1. The topological polar surface area (TPSA) is 70.6 Å². The van der Waals surface area contributed by atoms with E-state index in [1.54, 1.807) is 0 Å². The van der Waals surface area contributed by atoms with Gasteiger partial charge in [0.2, 0.25) is 11.8 Å². The Labute approximate surface area is 167 Å². The zero-order chi connectivity index (χ0) is 19.5. The number of nitrogens with zero attached hydrogens (tertiary/aromatic N) is 1. The molecule has 4 rings (SSSR count). The molecule has 1 saturated heterocycles. The van der Waals surface area contributed by atoms with Gasteiger partial charge in [0.1, 0.15) is 5.25 Å². The molecule has 140 valence electrons. The molecular formula is C22H19N3O2S. The predicted molar refractivity (Wildman–Crippen MR) is 115 cm³/mol. The first-order valence-corrected chi connectivity index (χ1v) is 9.86. The summed E-state index contributed by atoms with van der Waals surface area (Å²) in [5.74, 6) is -0.385. The number of amidine groups is 1. The van der Waals surface area contributed by atoms with Gasteiger partial charge in [-0.15, -0.1) is 0 Å². The number of rotatable bonds is 4. The van der Waals surface area contributed by atoms with Crippen LogP contribution in [0.3, 0.4) is 0 Å². The molecule has 0 aliphatic carbocycles. The van der Waals surface area contributed by atoms with Crippen LogP contribution in [0.2, 0.25) is 0 Å². The fourth-order valence-electron chi connectivity index (χ4n) is 2.98. The van der Waals surface area contributed by atoms with Gasteiger partial charge in [0.25, 0.3) is 0 Å². The number of carbonyl (C=O) groups is 2. The standard InChI is InChI=1S/C22H19N3O2S/c1-14-6-9-17(10-7-14)24-22-25-21(27)19(28-22)13-20(26)23-18-11-8-15-4-2-3-5-16(15)12-18/h2-12,19H,13H2,1H3,(H,23,26)(H,24,25,27)/t19-/m0/s1. The number of carbonyl (C=O) groups excluding carboxylic acids is 2. The van der Waals surface area contributed by atoms with E-state index in [0.717, 1.165) is 27.7 Å². The molecule has 0 aromatic heterocycles. The molecule has 3 aromatic carbocycles. The quantitative estimate of drug-likeness (QED) is 0.695. The Kier molecular flexibility index (Phi) is 5.12. The van der Waals surface area contributed by atoms with Crippen LogP contribution in [0.5, 0.6) is 0 Å². The third-order valence-electron chi connectivity index (χ3n) is 4.45. The molecule has 1 aliphatic heterocycles. The molecule has 6 heteroatoms. The Bertz CT molecular complexity index is 1080. The summed E-state index contributed by atoms with van der Waals surface area (Å²) < 4.78 is 0. The fraction of sp³-hybridized carbons (Fsp3) is 0.136. The van der Waals surface area contributed by atoms with Crippen molar-refractivity contribution in [1.29, 1.82) is 0 Å². The Balaban J connectivity index is 1.39. The van der Waals surface area contributed by atoms with Crippen molar-refractivity contribution in [2.45, 2.75) is 18.6 Å². The van der Waals surface area contributed by atoms with Gasteiger partial charge in [0.15, 0.2) is 5.17 Å². The maximum Gasteiger partial charge on any atom is 0.240 e. The summed E-state index contributed by atoms with van der Waals surface area (Å²) in [6, 6.07) is 21.5. The van der Waals surface area contributed by atoms with Gasteiger partial charge >= 0.3 is 0 Å². The van der Waals surface area contributed by atoms with Gasteiger partial charge in [-0.3, -0.25) is 9.59 Å². The van der Waals surface area contributed by atoms with Crippen LogP contribution in [0.1, 0.15) is 12.0 Å². The Morgan fingerprint density at radius 2 is 1.82 bits per heavy atom. The number of fused-ring (bicyclic) bond motifs is 1. The largest absolute Gasteiger partial charge is 0.326 e. The number of anilines is 1. The fourth-order valence-corrected chi connectivity index (χ4v) is 3.96. The average Bonchev–Trinajstić information content (AvgIpc) is 3.02. The Hall–Kier alpha value is -3.12. The minimum absolute atomic E-state index is 0.0935. The lowest BCUT2D eigenvalue weighted by molar-refractivity contribution is -0.122. The molecule has 1 heterocycles. The molecule has 0 radical (unpaired) electrons. The first-order valence-electron chi connectivity index (χ1n) is 8.98. The van der Waals surface area contributed by atoms with Crippen molar-refractivity contribution < 1.29 is 9.59 Å². The highest BCUT2D eigenvalue weighted by molar-refractivity contribution is 8.15. The highest BCUT2D eigenvalue weighted by Crippen LogP contribution is 2.26. The monoisotopic (exact) mass is 389 g/mol. The minimum atomic E-state index is -0.482. The minimum Gasteiger partial charge on any atom is -0.326 e. The van der Waals surface area contributed by atoms with Crippen molar-refractivity contribution in [3.8, 4) is 0 Å². The van der Waals surface area contributed by atoms with E-state index in [0.29, 0.717) is 5.17 Å². The van der Waals surface area contributed by atoms with E-state index in [1.165, 1.54) is 11.8 Å². The van der Waals surface area contributed by atoms with E-state index in [4.69, 9.17) is 0 Å². The van der Waals surface area contributed by atoms with Gasteiger partial charge in [0, 0.05) is 12.1 Å². The molecule has 2 N–H and O–H groups in total. The lowest BCUT2D eigenvalue weighted by Crippen LogP contribution is -2.28. The van der Waals surface area contributed by atoms with E-state index in [1.807, 2.05) is 73.7 Å². The molecule has 1 atom stereocenters. The Morgan fingerprint density at radius 3 is 2.61 bits per heavy atom. The van der Waals surface area contributed by atoms with Crippen LogP contribution < -0.4 is 10.6 Å². The lowest BCUT2D eigenvalue weighted by atomic mass is 10.1. The summed E-state index contributed by atoms with van der Waals surface area (Å²) in [5.41, 5.74) is 2.64. The van der Waals surface area contributed by atoms with Crippen molar-refractivity contribution in [2.24, 2.45) is 4.99 Å². The van der Waals surface area contributed by atoms with Crippen LogP contribution in [-0.2, 0) is 9.59 Å². The summed E-state index contributed by atoms with van der Waals surface area (Å²) in [6.07, 6.45) is 0.0935. The van der Waals surface area contributed by atoms with Crippen LogP contribution in [0.4, 0.5) is 11.4 Å². The van der Waals surface area contributed by atoms with Gasteiger partial charge in [-0.05, 0) is 42.0 Å². The first kappa shape index (κ1) is 18.3. The van der Waals surface area contributed by atoms with E-state index >= 15 is 0 Å². The SMILES string of the molecule is Cc1ccc(N=C2NC(=O)[C@H](CC(=O)Nc3ccc4ccccc4c3)S2)cc1. The summed E-state index contributed by atoms with van der Waals surface area (Å²) in [6.45, 7) is 2.01. The summed E-state index contributed by atoms with van der Waals surface area (Å²) in [7, 11) is 0. The van der Waals surface area contributed by atoms with Crippen LogP contribution in [0.15, 0.2) is 71.7 Å². The van der Waals surface area contributed by atoms with Gasteiger partial charge in [-0.1, -0.05) is 59.8 Å². The molecule has 1 fully saturated rings. The normalized spacial score (nSPS) is 17.7. The Morgan fingerprint density at radius 1 is 1.07 bits per heavy atom. The molecule has 0 bridgehead atoms. The van der Waals surface area contributed by atoms with Crippen LogP contribution in [0, 0.1) is 6.92 Å². The van der Waals surface area contributed by atoms with Crippen LogP contribution >= 0.6 is 11.8 Å². The average molecular weight is 389 g/mol. The number of nitrogens with one attached hydrogen (secondary N) is 2. The smallest absolute Gasteiger partial charge is 0.240 e. The third kappa shape index (κ3) is 4.23. The second-order valence-corrected chi connectivity index (χ2v) is 7.85. The zero-order valence-corrected chi connectivity index (χ0v) is 16.1. The van der Waals surface area contributed by atoms with Crippen molar-refractivity contribution >= 4 is 50.9 Å². The van der Waals surface area contributed by atoms with Crippen molar-refractivity contribution in [2.75, 3.05) is 5.32 Å². The zero-order valence-electron chi connectivity index (χ0n) is 15.3. The third-order valence-corrected chi connectivity index (χ3v) is 5.53. The second kappa shape index (κ2) is 7.86. The van der Waals surface area contributed by atoms with E-state index in [9.17, 15) is 9.59 Å². The highest BCUT2D eigenvalue weighted by Gasteiger charge is 2.32. The molecule has 5 nitrogen and oxygen atoms in total. The molecule has 0 unspecified atom stereocenters. The molecule has 0 spiro atoms. The molecule has 1 aliphatic rings. The number of thioether (sulfide) groups is 1. The van der Waals surface area contributed by atoms with Crippen molar-refractivity contribution in [3.05, 3.63) is 72.3 Å². The molecule has 28 heavy (non-hydrogen) atoms. The molecule has 2 amide bonds. The summed E-state index contributed by atoms with van der Waals surface area (Å²) in [4.78, 5) is 29.0. The van der Waals surface area contributed by atoms with E-state index < -0.39 is 5.25 Å². The summed E-state index contributed by atoms with van der Waals surface area (Å²) in [5, 5.41) is 7.85. The maximum atomic E-state index is 12.4. The number of amides is 2. The predicted octanol–water partition coefficient (Wildman–Crippen LogP) is 4.40. The number of hydrogen-bond acceptors (Lipinski definition) is 4. The lowest BCUT2D eigenvalue weighted by Gasteiger charge is -2.08.